The Morgan fingerprint density at radius 1 is 1.38 bits per heavy atom. The molecule has 0 fully saturated rings. The van der Waals surface area contributed by atoms with E-state index in [4.69, 9.17) is 0 Å². The summed E-state index contributed by atoms with van der Waals surface area (Å²) in [6.07, 6.45) is 6.24. The molecule has 2 aromatic rings. The van der Waals surface area contributed by atoms with E-state index in [-0.39, 0.29) is 0 Å². The summed E-state index contributed by atoms with van der Waals surface area (Å²) in [5.74, 6) is -0.793. The summed E-state index contributed by atoms with van der Waals surface area (Å²) in [7, 11) is 0. The molecule has 2 rings (SSSR count). The number of para-hydroxylation sites is 1. The van der Waals surface area contributed by atoms with Crippen molar-refractivity contribution < 1.29 is 9.90 Å². The highest BCUT2D eigenvalue weighted by molar-refractivity contribution is 5.73. The van der Waals surface area contributed by atoms with Gasteiger partial charge in [0, 0.05) is 18.3 Å². The first kappa shape index (κ1) is 15.3. The number of aliphatic carboxylic acids is 1. The predicted octanol–water partition coefficient (Wildman–Crippen LogP) is 2.61. The van der Waals surface area contributed by atoms with Crippen molar-refractivity contribution in [3.63, 3.8) is 0 Å². The zero-order valence-electron chi connectivity index (χ0n) is 12.2. The first-order chi connectivity index (χ1) is 10.2. The molecule has 0 amide bonds. The summed E-state index contributed by atoms with van der Waals surface area (Å²) in [4.78, 5) is 11.2. The summed E-state index contributed by atoms with van der Waals surface area (Å²) < 4.78 is 1.79. The second-order valence-electron chi connectivity index (χ2n) is 5.04. The Balaban J connectivity index is 1.94. The van der Waals surface area contributed by atoms with Crippen molar-refractivity contribution in [2.24, 2.45) is 0 Å². The SMILES string of the molecule is CCCC[C@H](NCc1cnn(-c2ccccc2)c1)C(=O)O. The molecule has 0 saturated carbocycles. The van der Waals surface area contributed by atoms with E-state index in [0.29, 0.717) is 13.0 Å². The van der Waals surface area contributed by atoms with Crippen molar-refractivity contribution in [3.05, 3.63) is 48.3 Å². The number of hydrogen-bond acceptors (Lipinski definition) is 3. The number of carbonyl (C=O) groups is 1. The Bertz CT molecular complexity index is 566. The smallest absolute Gasteiger partial charge is 0.320 e. The Kier molecular flexibility index (Phi) is 5.51. The van der Waals surface area contributed by atoms with Crippen LogP contribution in [0, 0.1) is 0 Å². The molecule has 0 aliphatic carbocycles. The highest BCUT2D eigenvalue weighted by Crippen LogP contribution is 2.08. The fraction of sp³-hybridized carbons (Fsp3) is 0.375. The van der Waals surface area contributed by atoms with Crippen LogP contribution in [0.25, 0.3) is 5.69 Å². The van der Waals surface area contributed by atoms with Gasteiger partial charge in [0.2, 0.25) is 0 Å². The highest BCUT2D eigenvalue weighted by atomic mass is 16.4. The van der Waals surface area contributed by atoms with Crippen molar-refractivity contribution in [1.82, 2.24) is 15.1 Å². The second kappa shape index (κ2) is 7.59. The molecule has 112 valence electrons. The van der Waals surface area contributed by atoms with Crippen LogP contribution in [0.3, 0.4) is 0 Å². The quantitative estimate of drug-likeness (QED) is 0.783. The molecule has 0 bridgehead atoms. The lowest BCUT2D eigenvalue weighted by Crippen LogP contribution is -2.36. The van der Waals surface area contributed by atoms with Gasteiger partial charge in [-0.2, -0.15) is 5.10 Å². The van der Waals surface area contributed by atoms with E-state index in [1.54, 1.807) is 10.9 Å². The van der Waals surface area contributed by atoms with E-state index in [1.165, 1.54) is 0 Å². The molecule has 5 nitrogen and oxygen atoms in total. The van der Waals surface area contributed by atoms with Crippen LogP contribution in [0.2, 0.25) is 0 Å². The zero-order valence-corrected chi connectivity index (χ0v) is 12.2. The van der Waals surface area contributed by atoms with E-state index in [1.807, 2.05) is 36.5 Å². The first-order valence-corrected chi connectivity index (χ1v) is 7.26. The second-order valence-corrected chi connectivity index (χ2v) is 5.04. The van der Waals surface area contributed by atoms with Crippen molar-refractivity contribution in [2.45, 2.75) is 38.8 Å². The summed E-state index contributed by atoms with van der Waals surface area (Å²) in [5.41, 5.74) is 1.96. The Labute approximate surface area is 124 Å². The lowest BCUT2D eigenvalue weighted by molar-refractivity contribution is -0.139. The van der Waals surface area contributed by atoms with Crippen molar-refractivity contribution in [1.29, 1.82) is 0 Å². The molecule has 0 spiro atoms. The maximum atomic E-state index is 11.2. The molecule has 0 radical (unpaired) electrons. The fourth-order valence-corrected chi connectivity index (χ4v) is 2.14. The molecule has 0 aliphatic rings. The molecule has 1 heterocycles. The molecule has 1 aromatic heterocycles. The Morgan fingerprint density at radius 2 is 2.14 bits per heavy atom. The molecule has 1 atom stereocenters. The molecule has 0 saturated heterocycles. The molecule has 1 aromatic carbocycles. The molecule has 0 aliphatic heterocycles. The zero-order chi connectivity index (χ0) is 15.1. The molecule has 21 heavy (non-hydrogen) atoms. The van der Waals surface area contributed by atoms with Crippen LogP contribution in [0.15, 0.2) is 42.7 Å². The minimum absolute atomic E-state index is 0.495. The maximum Gasteiger partial charge on any atom is 0.320 e. The van der Waals surface area contributed by atoms with Gasteiger partial charge < -0.3 is 10.4 Å². The average Bonchev–Trinajstić information content (AvgIpc) is 2.97. The largest absolute Gasteiger partial charge is 0.480 e. The number of carboxylic acids is 1. The number of nitrogens with one attached hydrogen (secondary N) is 1. The summed E-state index contributed by atoms with van der Waals surface area (Å²) >= 11 is 0. The van der Waals surface area contributed by atoms with Gasteiger partial charge in [-0.05, 0) is 18.6 Å². The fourth-order valence-electron chi connectivity index (χ4n) is 2.14. The molecular formula is C16H21N3O2. The van der Waals surface area contributed by atoms with Gasteiger partial charge in [0.1, 0.15) is 6.04 Å². The summed E-state index contributed by atoms with van der Waals surface area (Å²) in [5, 5.41) is 16.6. The van der Waals surface area contributed by atoms with E-state index in [9.17, 15) is 9.90 Å². The number of hydrogen-bond donors (Lipinski definition) is 2. The van der Waals surface area contributed by atoms with Crippen molar-refractivity contribution >= 4 is 5.97 Å². The van der Waals surface area contributed by atoms with Crippen LogP contribution in [-0.4, -0.2) is 26.9 Å². The van der Waals surface area contributed by atoms with E-state index in [0.717, 1.165) is 24.1 Å². The molecule has 2 N–H and O–H groups in total. The van der Waals surface area contributed by atoms with E-state index < -0.39 is 12.0 Å². The number of carboxylic acid groups (broad SMARTS) is 1. The van der Waals surface area contributed by atoms with Gasteiger partial charge in [-0.15, -0.1) is 0 Å². The number of rotatable bonds is 8. The average molecular weight is 287 g/mol. The first-order valence-electron chi connectivity index (χ1n) is 7.26. The highest BCUT2D eigenvalue weighted by Gasteiger charge is 2.16. The minimum atomic E-state index is -0.793. The van der Waals surface area contributed by atoms with Crippen LogP contribution in [-0.2, 0) is 11.3 Å². The van der Waals surface area contributed by atoms with Crippen molar-refractivity contribution in [3.8, 4) is 5.69 Å². The van der Waals surface area contributed by atoms with E-state index in [2.05, 4.69) is 17.3 Å². The summed E-state index contributed by atoms with van der Waals surface area (Å²) in [6.45, 7) is 2.57. The topological polar surface area (TPSA) is 67.2 Å². The Hall–Kier alpha value is -2.14. The van der Waals surface area contributed by atoms with Gasteiger partial charge in [-0.3, -0.25) is 4.79 Å². The monoisotopic (exact) mass is 287 g/mol. The number of aromatic nitrogens is 2. The van der Waals surface area contributed by atoms with Gasteiger partial charge in [0.15, 0.2) is 0 Å². The maximum absolute atomic E-state index is 11.2. The third kappa shape index (κ3) is 4.43. The number of nitrogens with zero attached hydrogens (tertiary/aromatic N) is 2. The van der Waals surface area contributed by atoms with Gasteiger partial charge in [-0.1, -0.05) is 38.0 Å². The minimum Gasteiger partial charge on any atom is -0.480 e. The molecular weight excluding hydrogens is 266 g/mol. The van der Waals surface area contributed by atoms with Gasteiger partial charge >= 0.3 is 5.97 Å². The normalized spacial score (nSPS) is 12.2. The van der Waals surface area contributed by atoms with Gasteiger partial charge in [-0.25, -0.2) is 4.68 Å². The van der Waals surface area contributed by atoms with Crippen LogP contribution in [0.4, 0.5) is 0 Å². The molecule has 0 unspecified atom stereocenters. The lowest BCUT2D eigenvalue weighted by atomic mass is 10.1. The molecule has 5 heteroatoms. The van der Waals surface area contributed by atoms with Crippen LogP contribution in [0.1, 0.15) is 31.7 Å². The summed E-state index contributed by atoms with van der Waals surface area (Å²) in [6, 6.07) is 9.34. The standard InChI is InChI=1S/C16H21N3O2/c1-2-3-9-15(16(20)21)17-10-13-11-18-19(12-13)14-7-5-4-6-8-14/h4-8,11-12,15,17H,2-3,9-10H2,1H3,(H,20,21)/t15-/m0/s1. The third-order valence-corrected chi connectivity index (χ3v) is 3.35. The number of benzene rings is 1. The Morgan fingerprint density at radius 3 is 2.81 bits per heavy atom. The predicted molar refractivity (Wildman–Crippen MR) is 81.4 cm³/mol. The van der Waals surface area contributed by atoms with Crippen LogP contribution < -0.4 is 5.32 Å². The van der Waals surface area contributed by atoms with E-state index >= 15 is 0 Å². The van der Waals surface area contributed by atoms with Crippen LogP contribution in [0.5, 0.6) is 0 Å². The van der Waals surface area contributed by atoms with Gasteiger partial charge in [0.25, 0.3) is 0 Å². The van der Waals surface area contributed by atoms with Gasteiger partial charge in [0.05, 0.1) is 11.9 Å². The van der Waals surface area contributed by atoms with Crippen molar-refractivity contribution in [2.75, 3.05) is 0 Å². The third-order valence-electron chi connectivity index (χ3n) is 3.35. The number of unbranched alkanes of at least 4 members (excludes halogenated alkanes) is 1. The lowest BCUT2D eigenvalue weighted by Gasteiger charge is -2.12. The van der Waals surface area contributed by atoms with Crippen LogP contribution >= 0.6 is 0 Å².